The maximum atomic E-state index is 14.2. The van der Waals surface area contributed by atoms with Gasteiger partial charge in [-0.25, -0.2) is 15.0 Å². The van der Waals surface area contributed by atoms with E-state index in [4.69, 9.17) is 10.5 Å². The molecule has 0 aliphatic carbocycles. The topological polar surface area (TPSA) is 121 Å². The molecule has 0 aliphatic heterocycles. The first kappa shape index (κ1) is 23.0. The van der Waals surface area contributed by atoms with E-state index in [2.05, 4.69) is 25.3 Å². The first-order valence-corrected chi connectivity index (χ1v) is 11.4. The number of nitrogen functional groups attached to an aromatic ring is 1. The molecule has 0 radical (unpaired) electrons. The van der Waals surface area contributed by atoms with Crippen LogP contribution in [0.3, 0.4) is 0 Å². The number of ether oxygens (including phenoxy) is 1. The summed E-state index contributed by atoms with van der Waals surface area (Å²) < 4.78 is 6.82. The second-order valence-electron chi connectivity index (χ2n) is 8.40. The Labute approximate surface area is 207 Å². The number of nitrogens with two attached hydrogens (primary N) is 1. The number of hydrogen-bond donors (Lipinski definition) is 2. The summed E-state index contributed by atoms with van der Waals surface area (Å²) in [6, 6.07) is 17.3. The monoisotopic (exact) mass is 479 g/mol. The Morgan fingerprint density at radius 3 is 2.47 bits per heavy atom. The van der Waals surface area contributed by atoms with E-state index in [0.29, 0.717) is 11.2 Å². The number of methoxy groups -OCH3 is 1. The van der Waals surface area contributed by atoms with Gasteiger partial charge < -0.3 is 15.8 Å². The minimum Gasteiger partial charge on any atom is -0.467 e. The fourth-order valence-electron chi connectivity index (χ4n) is 4.23. The van der Waals surface area contributed by atoms with Gasteiger partial charge in [-0.3, -0.25) is 9.36 Å². The lowest BCUT2D eigenvalue weighted by Gasteiger charge is -2.22. The van der Waals surface area contributed by atoms with Crippen LogP contribution in [0.2, 0.25) is 0 Å². The number of fused-ring (bicyclic) bond motifs is 1. The molecule has 0 bridgehead atoms. The van der Waals surface area contributed by atoms with Crippen LogP contribution < -0.4 is 21.3 Å². The largest absolute Gasteiger partial charge is 0.467 e. The minimum absolute atomic E-state index is 0.146. The molecule has 9 heteroatoms. The average molecular weight is 480 g/mol. The Kier molecular flexibility index (Phi) is 6.03. The molecule has 5 aromatic rings. The van der Waals surface area contributed by atoms with Gasteiger partial charge in [-0.05, 0) is 43.0 Å². The number of anilines is 2. The fraction of sp³-hybridized carbons (Fsp3) is 0.148. The third-order valence-electron chi connectivity index (χ3n) is 6.00. The van der Waals surface area contributed by atoms with E-state index in [-0.39, 0.29) is 23.6 Å². The molecule has 2 aromatic carbocycles. The van der Waals surface area contributed by atoms with Crippen molar-refractivity contribution in [2.45, 2.75) is 19.9 Å². The number of pyridine rings is 1. The van der Waals surface area contributed by atoms with Gasteiger partial charge in [0.2, 0.25) is 5.95 Å². The van der Waals surface area contributed by atoms with Gasteiger partial charge in [0.1, 0.15) is 5.82 Å². The molecule has 0 saturated carbocycles. The first-order chi connectivity index (χ1) is 17.5. The molecule has 180 valence electrons. The Balaban J connectivity index is 1.73. The predicted octanol–water partition coefficient (Wildman–Crippen LogP) is 4.31. The number of rotatable bonds is 6. The Morgan fingerprint density at radius 2 is 1.75 bits per heavy atom. The van der Waals surface area contributed by atoms with Gasteiger partial charge in [0.05, 0.1) is 18.5 Å². The summed E-state index contributed by atoms with van der Waals surface area (Å²) in [7, 11) is 1.51. The standard InChI is InChI=1S/C27H25N7O2/c1-16-13-29-26(28)33-24(16)32-17(2)22-12-18-8-7-11-21(19-14-30-27(36-3)31-15-19)23(18)25(35)34(22)20-9-5-4-6-10-20/h4-15,17H,1-3H3,(H3,28,29,32,33)/t17-/m0/s1. The van der Waals surface area contributed by atoms with Gasteiger partial charge >= 0.3 is 6.01 Å². The van der Waals surface area contributed by atoms with E-state index in [0.717, 1.165) is 33.5 Å². The third kappa shape index (κ3) is 4.22. The second kappa shape index (κ2) is 9.46. The number of hydrogen-bond acceptors (Lipinski definition) is 8. The summed E-state index contributed by atoms with van der Waals surface area (Å²) >= 11 is 0. The van der Waals surface area contributed by atoms with Crippen molar-refractivity contribution in [1.29, 1.82) is 0 Å². The molecule has 3 N–H and O–H groups in total. The molecule has 0 aliphatic rings. The van der Waals surface area contributed by atoms with Crippen molar-refractivity contribution in [3.05, 3.63) is 94.8 Å². The Morgan fingerprint density at radius 1 is 1.00 bits per heavy atom. The fourth-order valence-corrected chi connectivity index (χ4v) is 4.23. The summed E-state index contributed by atoms with van der Waals surface area (Å²) in [5.74, 6) is 0.798. The summed E-state index contributed by atoms with van der Waals surface area (Å²) in [5, 5.41) is 4.79. The van der Waals surface area contributed by atoms with Crippen molar-refractivity contribution in [2.24, 2.45) is 0 Å². The van der Waals surface area contributed by atoms with Crippen molar-refractivity contribution < 1.29 is 4.74 Å². The zero-order valence-electron chi connectivity index (χ0n) is 20.1. The van der Waals surface area contributed by atoms with E-state index in [9.17, 15) is 4.79 Å². The highest BCUT2D eigenvalue weighted by Crippen LogP contribution is 2.30. The summed E-state index contributed by atoms with van der Waals surface area (Å²) in [5.41, 5.74) is 9.53. The highest BCUT2D eigenvalue weighted by molar-refractivity contribution is 5.96. The first-order valence-electron chi connectivity index (χ1n) is 11.4. The van der Waals surface area contributed by atoms with E-state index < -0.39 is 0 Å². The number of aryl methyl sites for hydroxylation is 1. The van der Waals surface area contributed by atoms with Crippen LogP contribution in [-0.4, -0.2) is 31.6 Å². The highest BCUT2D eigenvalue weighted by atomic mass is 16.5. The van der Waals surface area contributed by atoms with Crippen molar-refractivity contribution in [3.63, 3.8) is 0 Å². The predicted molar refractivity (Wildman–Crippen MR) is 140 cm³/mol. The molecule has 0 spiro atoms. The number of aromatic nitrogens is 5. The van der Waals surface area contributed by atoms with Gasteiger partial charge in [0.15, 0.2) is 0 Å². The Hall–Kier alpha value is -4.79. The van der Waals surface area contributed by atoms with E-state index in [1.807, 2.05) is 68.4 Å². The maximum Gasteiger partial charge on any atom is 0.316 e. The average Bonchev–Trinajstić information content (AvgIpc) is 2.90. The minimum atomic E-state index is -0.275. The van der Waals surface area contributed by atoms with Crippen LogP contribution >= 0.6 is 0 Å². The molecular formula is C27H25N7O2. The van der Waals surface area contributed by atoms with Crippen molar-refractivity contribution >= 4 is 22.5 Å². The zero-order valence-corrected chi connectivity index (χ0v) is 20.1. The molecule has 3 aromatic heterocycles. The number of nitrogens with zero attached hydrogens (tertiary/aromatic N) is 5. The SMILES string of the molecule is COc1ncc(-c2cccc3cc([C@H](C)Nc4nc(N)ncc4C)n(-c4ccccc4)c(=O)c23)cn1. The molecular weight excluding hydrogens is 454 g/mol. The van der Waals surface area contributed by atoms with Crippen LogP contribution in [0.1, 0.15) is 24.2 Å². The summed E-state index contributed by atoms with van der Waals surface area (Å²) in [4.78, 5) is 31.0. The van der Waals surface area contributed by atoms with Crippen LogP contribution in [0.4, 0.5) is 11.8 Å². The maximum absolute atomic E-state index is 14.2. The quantitative estimate of drug-likeness (QED) is 0.370. The smallest absolute Gasteiger partial charge is 0.316 e. The second-order valence-corrected chi connectivity index (χ2v) is 8.40. The molecule has 1 atom stereocenters. The normalized spacial score (nSPS) is 11.9. The van der Waals surface area contributed by atoms with Crippen LogP contribution in [0, 0.1) is 6.92 Å². The lowest BCUT2D eigenvalue weighted by molar-refractivity contribution is 0.380. The van der Waals surface area contributed by atoms with Crippen molar-refractivity contribution in [3.8, 4) is 22.8 Å². The number of nitrogens with one attached hydrogen (secondary N) is 1. The molecule has 0 fully saturated rings. The lowest BCUT2D eigenvalue weighted by Crippen LogP contribution is -2.26. The molecule has 0 unspecified atom stereocenters. The summed E-state index contributed by atoms with van der Waals surface area (Å²) in [6.45, 7) is 3.89. The zero-order chi connectivity index (χ0) is 25.2. The van der Waals surface area contributed by atoms with Crippen LogP contribution in [-0.2, 0) is 0 Å². The van der Waals surface area contributed by atoms with Gasteiger partial charge in [0, 0.05) is 41.1 Å². The van der Waals surface area contributed by atoms with E-state index >= 15 is 0 Å². The molecule has 3 heterocycles. The molecule has 0 amide bonds. The van der Waals surface area contributed by atoms with Crippen LogP contribution in [0.15, 0.2) is 78.0 Å². The molecule has 9 nitrogen and oxygen atoms in total. The number of para-hydroxylation sites is 1. The van der Waals surface area contributed by atoms with Gasteiger partial charge in [-0.1, -0.05) is 36.4 Å². The third-order valence-corrected chi connectivity index (χ3v) is 6.00. The highest BCUT2D eigenvalue weighted by Gasteiger charge is 2.20. The lowest BCUT2D eigenvalue weighted by atomic mass is 9.99. The van der Waals surface area contributed by atoms with Crippen LogP contribution in [0.25, 0.3) is 27.6 Å². The van der Waals surface area contributed by atoms with E-state index in [1.165, 1.54) is 7.11 Å². The molecule has 0 saturated heterocycles. The van der Waals surface area contributed by atoms with Crippen LogP contribution in [0.5, 0.6) is 6.01 Å². The van der Waals surface area contributed by atoms with Gasteiger partial charge in [0.25, 0.3) is 5.56 Å². The number of benzene rings is 2. The van der Waals surface area contributed by atoms with Crippen molar-refractivity contribution in [1.82, 2.24) is 24.5 Å². The Bertz CT molecular complexity index is 1600. The van der Waals surface area contributed by atoms with Crippen molar-refractivity contribution in [2.75, 3.05) is 18.2 Å². The molecule has 5 rings (SSSR count). The van der Waals surface area contributed by atoms with Gasteiger partial charge in [-0.15, -0.1) is 0 Å². The van der Waals surface area contributed by atoms with Gasteiger partial charge in [-0.2, -0.15) is 4.98 Å². The van der Waals surface area contributed by atoms with E-state index in [1.54, 1.807) is 23.2 Å². The molecule has 36 heavy (non-hydrogen) atoms. The summed E-state index contributed by atoms with van der Waals surface area (Å²) in [6.07, 6.45) is 4.99.